The second-order valence-electron chi connectivity index (χ2n) is 4.58. The van der Waals surface area contributed by atoms with Crippen molar-refractivity contribution < 1.29 is 0 Å². The molecule has 0 radical (unpaired) electrons. The lowest BCUT2D eigenvalue weighted by atomic mass is 9.98. The van der Waals surface area contributed by atoms with E-state index in [0.717, 1.165) is 18.3 Å². The van der Waals surface area contributed by atoms with Crippen LogP contribution in [-0.4, -0.2) is 12.6 Å². The van der Waals surface area contributed by atoms with E-state index >= 15 is 0 Å². The number of rotatable bonds is 5. The lowest BCUT2D eigenvalue weighted by molar-refractivity contribution is 0.592. The quantitative estimate of drug-likeness (QED) is 0.723. The van der Waals surface area contributed by atoms with Crippen LogP contribution in [0, 0.1) is 0 Å². The molecule has 0 aliphatic heterocycles. The van der Waals surface area contributed by atoms with Crippen LogP contribution in [0.15, 0.2) is 24.3 Å². The van der Waals surface area contributed by atoms with Crippen molar-refractivity contribution in [3.8, 4) is 0 Å². The van der Waals surface area contributed by atoms with Crippen molar-refractivity contribution >= 4 is 5.69 Å². The Labute approximate surface area is 91.9 Å². The monoisotopic (exact) mass is 204 g/mol. The minimum Gasteiger partial charge on any atom is -0.399 e. The molecule has 3 N–H and O–H groups in total. The van der Waals surface area contributed by atoms with E-state index in [1.54, 1.807) is 0 Å². The Morgan fingerprint density at radius 3 is 2.60 bits per heavy atom. The summed E-state index contributed by atoms with van der Waals surface area (Å²) in [5.74, 6) is 0.622. The minimum atomic E-state index is 0.622. The van der Waals surface area contributed by atoms with Crippen LogP contribution >= 0.6 is 0 Å². The highest BCUT2D eigenvalue weighted by molar-refractivity contribution is 5.40. The van der Waals surface area contributed by atoms with Crippen molar-refractivity contribution in [3.63, 3.8) is 0 Å². The first-order valence-corrected chi connectivity index (χ1v) is 5.84. The van der Waals surface area contributed by atoms with Crippen molar-refractivity contribution in [2.75, 3.05) is 12.3 Å². The zero-order valence-electron chi connectivity index (χ0n) is 9.37. The van der Waals surface area contributed by atoms with Crippen LogP contribution < -0.4 is 11.1 Å². The van der Waals surface area contributed by atoms with E-state index < -0.39 is 0 Å². The van der Waals surface area contributed by atoms with Gasteiger partial charge < -0.3 is 11.1 Å². The first-order chi connectivity index (χ1) is 7.25. The Morgan fingerprint density at radius 1 is 1.33 bits per heavy atom. The summed E-state index contributed by atoms with van der Waals surface area (Å²) < 4.78 is 0. The summed E-state index contributed by atoms with van der Waals surface area (Å²) in [6.45, 7) is 3.41. The van der Waals surface area contributed by atoms with E-state index in [-0.39, 0.29) is 0 Å². The number of anilines is 1. The fourth-order valence-electron chi connectivity index (χ4n) is 1.78. The van der Waals surface area contributed by atoms with Crippen LogP contribution in [0.5, 0.6) is 0 Å². The number of benzene rings is 1. The molecule has 1 aromatic carbocycles. The summed E-state index contributed by atoms with van der Waals surface area (Å²) in [6.07, 6.45) is 3.95. The molecule has 0 heterocycles. The molecule has 2 rings (SSSR count). The van der Waals surface area contributed by atoms with E-state index in [1.807, 2.05) is 12.1 Å². The Hall–Kier alpha value is -1.02. The van der Waals surface area contributed by atoms with E-state index in [4.69, 9.17) is 5.73 Å². The van der Waals surface area contributed by atoms with Gasteiger partial charge in [0, 0.05) is 11.7 Å². The smallest absolute Gasteiger partial charge is 0.0314 e. The number of nitrogens with two attached hydrogens (primary N) is 1. The van der Waals surface area contributed by atoms with Crippen molar-refractivity contribution in [1.82, 2.24) is 5.32 Å². The average Bonchev–Trinajstić information content (AvgIpc) is 3.02. The van der Waals surface area contributed by atoms with Crippen molar-refractivity contribution in [1.29, 1.82) is 0 Å². The zero-order valence-corrected chi connectivity index (χ0v) is 9.37. The van der Waals surface area contributed by atoms with Gasteiger partial charge >= 0.3 is 0 Å². The van der Waals surface area contributed by atoms with Gasteiger partial charge in [0.25, 0.3) is 0 Å². The zero-order chi connectivity index (χ0) is 10.7. The molecular weight excluding hydrogens is 184 g/mol. The van der Waals surface area contributed by atoms with Crippen LogP contribution in [0.4, 0.5) is 5.69 Å². The fourth-order valence-corrected chi connectivity index (χ4v) is 1.78. The fraction of sp³-hybridized carbons (Fsp3) is 0.538. The molecule has 0 spiro atoms. The maximum absolute atomic E-state index is 5.66. The lowest BCUT2D eigenvalue weighted by Gasteiger charge is -2.12. The van der Waals surface area contributed by atoms with Crippen molar-refractivity contribution in [3.05, 3.63) is 29.8 Å². The van der Waals surface area contributed by atoms with Crippen LogP contribution in [0.2, 0.25) is 0 Å². The largest absolute Gasteiger partial charge is 0.399 e. The molecule has 1 aromatic rings. The molecule has 0 saturated heterocycles. The molecule has 0 amide bonds. The second kappa shape index (κ2) is 4.67. The van der Waals surface area contributed by atoms with E-state index in [9.17, 15) is 0 Å². The molecular formula is C13H20N2. The van der Waals surface area contributed by atoms with Crippen LogP contribution in [0.3, 0.4) is 0 Å². The molecule has 0 aromatic heterocycles. The van der Waals surface area contributed by atoms with E-state index in [2.05, 4.69) is 24.4 Å². The van der Waals surface area contributed by atoms with Crippen molar-refractivity contribution in [2.45, 2.75) is 38.1 Å². The van der Waals surface area contributed by atoms with Gasteiger partial charge in [-0.1, -0.05) is 19.1 Å². The summed E-state index contributed by atoms with van der Waals surface area (Å²) in [6, 6.07) is 9.07. The molecule has 1 aliphatic rings. The topological polar surface area (TPSA) is 38.0 Å². The van der Waals surface area contributed by atoms with Gasteiger partial charge in [-0.05, 0) is 49.4 Å². The summed E-state index contributed by atoms with van der Waals surface area (Å²) in [7, 11) is 0. The standard InChI is InChI=1S/C13H20N2/c1-10(8-9-15-13-6-7-13)11-2-4-12(14)5-3-11/h2-5,10,13,15H,6-9,14H2,1H3. The number of hydrogen-bond donors (Lipinski definition) is 2. The first-order valence-electron chi connectivity index (χ1n) is 5.84. The van der Waals surface area contributed by atoms with Gasteiger partial charge in [0.2, 0.25) is 0 Å². The Kier molecular flexibility index (Phi) is 3.27. The molecule has 0 bridgehead atoms. The van der Waals surface area contributed by atoms with Crippen LogP contribution in [-0.2, 0) is 0 Å². The number of nitrogens with one attached hydrogen (secondary N) is 1. The maximum Gasteiger partial charge on any atom is 0.0314 e. The first kappa shape index (κ1) is 10.5. The predicted molar refractivity (Wildman–Crippen MR) is 64.9 cm³/mol. The van der Waals surface area contributed by atoms with E-state index in [1.165, 1.54) is 24.8 Å². The molecule has 1 fully saturated rings. The third-order valence-electron chi connectivity index (χ3n) is 3.09. The van der Waals surface area contributed by atoms with Crippen molar-refractivity contribution in [2.24, 2.45) is 0 Å². The van der Waals surface area contributed by atoms with E-state index in [0.29, 0.717) is 5.92 Å². The summed E-state index contributed by atoms with van der Waals surface area (Å²) in [5, 5.41) is 3.54. The minimum absolute atomic E-state index is 0.622. The maximum atomic E-state index is 5.66. The van der Waals surface area contributed by atoms with Crippen LogP contribution in [0.1, 0.15) is 37.7 Å². The Bertz CT molecular complexity index is 301. The Balaban J connectivity index is 1.78. The molecule has 1 aliphatic carbocycles. The van der Waals surface area contributed by atoms with Gasteiger partial charge in [-0.15, -0.1) is 0 Å². The summed E-state index contributed by atoms with van der Waals surface area (Å²) >= 11 is 0. The predicted octanol–water partition coefficient (Wildman–Crippen LogP) is 2.51. The molecule has 1 saturated carbocycles. The van der Waals surface area contributed by atoms with Gasteiger partial charge in [-0.2, -0.15) is 0 Å². The van der Waals surface area contributed by atoms with Gasteiger partial charge in [0.15, 0.2) is 0 Å². The van der Waals surface area contributed by atoms with Gasteiger partial charge in [-0.3, -0.25) is 0 Å². The van der Waals surface area contributed by atoms with Crippen LogP contribution in [0.25, 0.3) is 0 Å². The average molecular weight is 204 g/mol. The number of hydrogen-bond acceptors (Lipinski definition) is 2. The molecule has 82 valence electrons. The van der Waals surface area contributed by atoms with Gasteiger partial charge in [0.1, 0.15) is 0 Å². The summed E-state index contributed by atoms with van der Waals surface area (Å²) in [4.78, 5) is 0. The molecule has 15 heavy (non-hydrogen) atoms. The molecule has 2 nitrogen and oxygen atoms in total. The molecule has 1 unspecified atom stereocenters. The molecule has 2 heteroatoms. The van der Waals surface area contributed by atoms with Gasteiger partial charge in [-0.25, -0.2) is 0 Å². The highest BCUT2D eigenvalue weighted by atomic mass is 14.9. The normalized spacial score (nSPS) is 17.7. The highest BCUT2D eigenvalue weighted by Gasteiger charge is 2.20. The number of nitrogen functional groups attached to an aromatic ring is 1. The third-order valence-corrected chi connectivity index (χ3v) is 3.09. The lowest BCUT2D eigenvalue weighted by Crippen LogP contribution is -2.18. The highest BCUT2D eigenvalue weighted by Crippen LogP contribution is 2.22. The summed E-state index contributed by atoms with van der Waals surface area (Å²) in [5.41, 5.74) is 7.90. The molecule has 1 atom stereocenters. The van der Waals surface area contributed by atoms with Gasteiger partial charge in [0.05, 0.1) is 0 Å². The third kappa shape index (κ3) is 3.24. The SMILES string of the molecule is CC(CCNC1CC1)c1ccc(N)cc1. The second-order valence-corrected chi connectivity index (χ2v) is 4.58. The Morgan fingerprint density at radius 2 is 2.00 bits per heavy atom.